The van der Waals surface area contributed by atoms with E-state index < -0.39 is 6.10 Å². The first-order valence-electron chi connectivity index (χ1n) is 4.40. The lowest BCUT2D eigenvalue weighted by molar-refractivity contribution is 0.0449. The lowest BCUT2D eigenvalue weighted by Gasteiger charge is -2.19. The molecular formula is C9H20O2. The molecule has 0 rings (SSSR count). The third-order valence-corrected chi connectivity index (χ3v) is 2.31. The van der Waals surface area contributed by atoms with Crippen LogP contribution in [0.3, 0.4) is 0 Å². The second-order valence-electron chi connectivity index (χ2n) is 3.48. The van der Waals surface area contributed by atoms with Crippen molar-refractivity contribution in [2.75, 3.05) is 6.61 Å². The van der Waals surface area contributed by atoms with Crippen molar-refractivity contribution in [2.45, 2.75) is 39.7 Å². The van der Waals surface area contributed by atoms with Crippen molar-refractivity contribution >= 4 is 0 Å². The number of hydrogen-bond donors (Lipinski definition) is 2. The highest BCUT2D eigenvalue weighted by Gasteiger charge is 2.14. The molecule has 0 heterocycles. The van der Waals surface area contributed by atoms with Crippen LogP contribution in [0, 0.1) is 11.8 Å². The van der Waals surface area contributed by atoms with E-state index in [0.717, 1.165) is 12.8 Å². The van der Waals surface area contributed by atoms with Crippen molar-refractivity contribution in [1.82, 2.24) is 0 Å². The zero-order chi connectivity index (χ0) is 8.85. The van der Waals surface area contributed by atoms with Gasteiger partial charge in [-0.1, -0.05) is 27.2 Å². The van der Waals surface area contributed by atoms with Gasteiger partial charge in [-0.2, -0.15) is 0 Å². The van der Waals surface area contributed by atoms with Crippen LogP contribution in [-0.2, 0) is 0 Å². The van der Waals surface area contributed by atoms with Gasteiger partial charge in [-0.3, -0.25) is 0 Å². The number of aliphatic hydroxyl groups excluding tert-OH is 2. The molecule has 68 valence electrons. The predicted octanol–water partition coefficient (Wildman–Crippen LogP) is 1.41. The summed E-state index contributed by atoms with van der Waals surface area (Å²) in [6, 6.07) is 0. The zero-order valence-electron chi connectivity index (χ0n) is 7.75. The molecule has 2 heteroatoms. The van der Waals surface area contributed by atoms with Crippen LogP contribution < -0.4 is 0 Å². The van der Waals surface area contributed by atoms with E-state index in [0.29, 0.717) is 5.92 Å². The van der Waals surface area contributed by atoms with Crippen LogP contribution >= 0.6 is 0 Å². The molecular weight excluding hydrogens is 140 g/mol. The normalized spacial score (nSPS) is 19.4. The quantitative estimate of drug-likeness (QED) is 0.638. The molecule has 0 spiro atoms. The molecule has 0 saturated carbocycles. The van der Waals surface area contributed by atoms with Gasteiger partial charge in [0.05, 0.1) is 12.7 Å². The molecule has 0 aliphatic rings. The molecule has 0 aliphatic carbocycles. The van der Waals surface area contributed by atoms with Gasteiger partial charge in [0.2, 0.25) is 0 Å². The van der Waals surface area contributed by atoms with Gasteiger partial charge in [0.15, 0.2) is 0 Å². The van der Waals surface area contributed by atoms with Gasteiger partial charge in [0.25, 0.3) is 0 Å². The first kappa shape index (κ1) is 10.9. The largest absolute Gasteiger partial charge is 0.394 e. The van der Waals surface area contributed by atoms with Crippen LogP contribution in [0.4, 0.5) is 0 Å². The van der Waals surface area contributed by atoms with Crippen molar-refractivity contribution < 1.29 is 10.2 Å². The SMILES string of the molecule is CCC(C)CC(C)C(O)CO. The van der Waals surface area contributed by atoms with E-state index in [1.807, 2.05) is 6.92 Å². The van der Waals surface area contributed by atoms with E-state index in [2.05, 4.69) is 13.8 Å². The molecule has 3 unspecified atom stereocenters. The molecule has 0 bridgehead atoms. The second kappa shape index (κ2) is 5.56. The summed E-state index contributed by atoms with van der Waals surface area (Å²) in [7, 11) is 0. The Morgan fingerprint density at radius 2 is 1.82 bits per heavy atom. The molecule has 0 aliphatic heterocycles. The summed E-state index contributed by atoms with van der Waals surface area (Å²) < 4.78 is 0. The highest BCUT2D eigenvalue weighted by Crippen LogP contribution is 2.17. The van der Waals surface area contributed by atoms with Crippen LogP contribution in [0.2, 0.25) is 0 Å². The zero-order valence-corrected chi connectivity index (χ0v) is 7.75. The van der Waals surface area contributed by atoms with E-state index in [1.165, 1.54) is 0 Å². The van der Waals surface area contributed by atoms with Crippen LogP contribution in [0.1, 0.15) is 33.6 Å². The Labute approximate surface area is 69.2 Å². The average molecular weight is 160 g/mol. The van der Waals surface area contributed by atoms with Gasteiger partial charge >= 0.3 is 0 Å². The number of rotatable bonds is 5. The maximum absolute atomic E-state index is 9.22. The number of aliphatic hydroxyl groups is 2. The molecule has 11 heavy (non-hydrogen) atoms. The van der Waals surface area contributed by atoms with Crippen molar-refractivity contribution in [3.05, 3.63) is 0 Å². The lowest BCUT2D eigenvalue weighted by atomic mass is 9.92. The van der Waals surface area contributed by atoms with Crippen molar-refractivity contribution in [3.8, 4) is 0 Å². The fourth-order valence-electron chi connectivity index (χ4n) is 1.14. The Balaban J connectivity index is 3.58. The minimum Gasteiger partial charge on any atom is -0.394 e. The fourth-order valence-corrected chi connectivity index (χ4v) is 1.14. The monoisotopic (exact) mass is 160 g/mol. The summed E-state index contributed by atoms with van der Waals surface area (Å²) in [5.41, 5.74) is 0. The summed E-state index contributed by atoms with van der Waals surface area (Å²) in [5.74, 6) is 0.862. The van der Waals surface area contributed by atoms with Crippen LogP contribution in [0.25, 0.3) is 0 Å². The first-order chi connectivity index (χ1) is 5.11. The Hall–Kier alpha value is -0.0800. The molecule has 0 aromatic carbocycles. The highest BCUT2D eigenvalue weighted by atomic mass is 16.3. The summed E-state index contributed by atoms with van der Waals surface area (Å²) >= 11 is 0. The lowest BCUT2D eigenvalue weighted by Crippen LogP contribution is -2.23. The summed E-state index contributed by atoms with van der Waals surface area (Å²) in [6.07, 6.45) is 1.60. The Morgan fingerprint density at radius 1 is 1.27 bits per heavy atom. The first-order valence-corrected chi connectivity index (χ1v) is 4.40. The smallest absolute Gasteiger partial charge is 0.0796 e. The molecule has 0 fully saturated rings. The summed E-state index contributed by atoms with van der Waals surface area (Å²) in [6.45, 7) is 6.17. The second-order valence-corrected chi connectivity index (χ2v) is 3.48. The maximum atomic E-state index is 9.22. The molecule has 0 radical (unpaired) electrons. The van der Waals surface area contributed by atoms with Crippen molar-refractivity contribution in [3.63, 3.8) is 0 Å². The van der Waals surface area contributed by atoms with Crippen LogP contribution in [0.15, 0.2) is 0 Å². The Kier molecular flexibility index (Phi) is 5.51. The van der Waals surface area contributed by atoms with Gasteiger partial charge in [0.1, 0.15) is 0 Å². The summed E-state index contributed by atoms with van der Waals surface area (Å²) in [5, 5.41) is 17.9. The molecule has 2 N–H and O–H groups in total. The van der Waals surface area contributed by atoms with E-state index in [4.69, 9.17) is 5.11 Å². The molecule has 0 amide bonds. The van der Waals surface area contributed by atoms with E-state index in [1.54, 1.807) is 0 Å². The average Bonchev–Trinajstić information content (AvgIpc) is 2.02. The van der Waals surface area contributed by atoms with E-state index in [9.17, 15) is 5.11 Å². The van der Waals surface area contributed by atoms with E-state index in [-0.39, 0.29) is 12.5 Å². The van der Waals surface area contributed by atoms with Crippen molar-refractivity contribution in [2.24, 2.45) is 11.8 Å². The predicted molar refractivity (Wildman–Crippen MR) is 46.3 cm³/mol. The molecule has 0 aromatic heterocycles. The van der Waals surface area contributed by atoms with Gasteiger partial charge in [0, 0.05) is 0 Å². The van der Waals surface area contributed by atoms with E-state index >= 15 is 0 Å². The minimum atomic E-state index is -0.538. The van der Waals surface area contributed by atoms with Gasteiger partial charge < -0.3 is 10.2 Å². The topological polar surface area (TPSA) is 40.5 Å². The standard InChI is InChI=1S/C9H20O2/c1-4-7(2)5-8(3)9(11)6-10/h7-11H,4-6H2,1-3H3. The van der Waals surface area contributed by atoms with Gasteiger partial charge in [-0.05, 0) is 18.3 Å². The Morgan fingerprint density at radius 3 is 2.18 bits per heavy atom. The molecule has 2 nitrogen and oxygen atoms in total. The highest BCUT2D eigenvalue weighted by molar-refractivity contribution is 4.65. The minimum absolute atomic E-state index is 0.113. The third-order valence-electron chi connectivity index (χ3n) is 2.31. The Bertz CT molecular complexity index is 93.6. The van der Waals surface area contributed by atoms with Gasteiger partial charge in [-0.25, -0.2) is 0 Å². The molecule has 3 atom stereocenters. The van der Waals surface area contributed by atoms with Crippen LogP contribution in [-0.4, -0.2) is 22.9 Å². The van der Waals surface area contributed by atoms with Crippen LogP contribution in [0.5, 0.6) is 0 Å². The maximum Gasteiger partial charge on any atom is 0.0796 e. The fraction of sp³-hybridized carbons (Fsp3) is 1.00. The number of hydrogen-bond acceptors (Lipinski definition) is 2. The molecule has 0 saturated heterocycles. The molecule has 0 aromatic rings. The van der Waals surface area contributed by atoms with Gasteiger partial charge in [-0.15, -0.1) is 0 Å². The van der Waals surface area contributed by atoms with Crippen molar-refractivity contribution in [1.29, 1.82) is 0 Å². The summed E-state index contributed by atoms with van der Waals surface area (Å²) in [4.78, 5) is 0. The third kappa shape index (κ3) is 4.38.